The number of amides is 1. The molecule has 1 fully saturated rings. The lowest BCUT2D eigenvalue weighted by Gasteiger charge is -2.35. The highest BCUT2D eigenvalue weighted by Crippen LogP contribution is 2.34. The van der Waals surface area contributed by atoms with E-state index in [1.165, 1.54) is 11.3 Å². The molecule has 0 spiro atoms. The predicted octanol–water partition coefficient (Wildman–Crippen LogP) is 4.68. The van der Waals surface area contributed by atoms with Crippen molar-refractivity contribution in [2.24, 2.45) is 5.92 Å². The number of anilines is 1. The molecular weight excluding hydrogens is 425 g/mol. The Labute approximate surface area is 176 Å². The van der Waals surface area contributed by atoms with Gasteiger partial charge in [0, 0.05) is 38.8 Å². The van der Waals surface area contributed by atoms with Crippen molar-refractivity contribution in [1.82, 2.24) is 14.9 Å². The zero-order valence-electron chi connectivity index (χ0n) is 16.4. The van der Waals surface area contributed by atoms with Gasteiger partial charge in [-0.25, -0.2) is 9.97 Å². The Bertz CT molecular complexity index is 892. The summed E-state index contributed by atoms with van der Waals surface area (Å²) in [5.41, 5.74) is -0.136. The van der Waals surface area contributed by atoms with Gasteiger partial charge in [-0.15, -0.1) is 11.3 Å². The monoisotopic (exact) mass is 446 g/mol. The molecular formula is C19H22ClF3N4OS. The van der Waals surface area contributed by atoms with Gasteiger partial charge in [0.2, 0.25) is 0 Å². The van der Waals surface area contributed by atoms with E-state index in [1.54, 1.807) is 9.80 Å². The number of pyridine rings is 1. The highest BCUT2D eigenvalue weighted by Gasteiger charge is 2.33. The van der Waals surface area contributed by atoms with Crippen LogP contribution >= 0.6 is 22.9 Å². The van der Waals surface area contributed by atoms with Gasteiger partial charge in [-0.05, 0) is 18.9 Å². The Kier molecular flexibility index (Phi) is 6.38. The van der Waals surface area contributed by atoms with Gasteiger partial charge in [0.05, 0.1) is 21.3 Å². The van der Waals surface area contributed by atoms with Crippen LogP contribution in [0.15, 0.2) is 12.3 Å². The molecule has 3 heterocycles. The molecule has 29 heavy (non-hydrogen) atoms. The summed E-state index contributed by atoms with van der Waals surface area (Å²) in [6.45, 7) is 7.83. The third-order valence-corrected chi connectivity index (χ3v) is 6.08. The number of hydrogen-bond donors (Lipinski definition) is 0. The summed E-state index contributed by atoms with van der Waals surface area (Å²) in [4.78, 5) is 25.5. The fraction of sp³-hybridized carbons (Fsp3) is 0.526. The smallest absolute Gasteiger partial charge is 0.352 e. The van der Waals surface area contributed by atoms with Crippen LogP contribution in [0.1, 0.15) is 39.8 Å². The number of nitrogens with zero attached hydrogens (tertiary/aromatic N) is 4. The lowest BCUT2D eigenvalue weighted by Crippen LogP contribution is -2.49. The lowest BCUT2D eigenvalue weighted by atomic mass is 10.1. The van der Waals surface area contributed by atoms with E-state index in [-0.39, 0.29) is 10.9 Å². The molecule has 3 rings (SSSR count). The standard InChI is InChI=1S/C19H22ClF3N4OS/c1-11(2)8-15-25-12(3)16(29-15)18(28)27-6-4-26(5-7-27)17-14(20)9-13(10-24-17)19(21,22)23/h9-11H,4-8H2,1-3H3. The number of hydrogen-bond acceptors (Lipinski definition) is 5. The summed E-state index contributed by atoms with van der Waals surface area (Å²) in [7, 11) is 0. The molecule has 5 nitrogen and oxygen atoms in total. The molecule has 0 N–H and O–H groups in total. The van der Waals surface area contributed by atoms with Gasteiger partial charge < -0.3 is 9.80 Å². The quantitative estimate of drug-likeness (QED) is 0.684. The Hall–Kier alpha value is -1.87. The molecule has 2 aromatic heterocycles. The maximum Gasteiger partial charge on any atom is 0.417 e. The zero-order valence-corrected chi connectivity index (χ0v) is 18.0. The molecule has 1 saturated heterocycles. The largest absolute Gasteiger partial charge is 0.417 e. The van der Waals surface area contributed by atoms with Crippen molar-refractivity contribution in [3.63, 3.8) is 0 Å². The van der Waals surface area contributed by atoms with Crippen LogP contribution in [0.4, 0.5) is 19.0 Å². The van der Waals surface area contributed by atoms with Crippen molar-refractivity contribution < 1.29 is 18.0 Å². The minimum Gasteiger partial charge on any atom is -0.352 e. The molecule has 2 aromatic rings. The number of carbonyl (C=O) groups excluding carboxylic acids is 1. The van der Waals surface area contributed by atoms with Crippen LogP contribution in [-0.2, 0) is 12.6 Å². The summed E-state index contributed by atoms with van der Waals surface area (Å²) < 4.78 is 38.4. The minimum absolute atomic E-state index is 0.0452. The normalized spacial score (nSPS) is 15.3. The van der Waals surface area contributed by atoms with Gasteiger partial charge in [0.15, 0.2) is 0 Å². The summed E-state index contributed by atoms with van der Waals surface area (Å²) in [6.07, 6.45) is -2.86. The third-order valence-electron chi connectivity index (χ3n) is 4.63. The van der Waals surface area contributed by atoms with Gasteiger partial charge in [0.25, 0.3) is 5.91 Å². The van der Waals surface area contributed by atoms with Gasteiger partial charge >= 0.3 is 6.18 Å². The van der Waals surface area contributed by atoms with Gasteiger partial charge in [-0.1, -0.05) is 25.4 Å². The highest BCUT2D eigenvalue weighted by atomic mass is 35.5. The van der Waals surface area contributed by atoms with E-state index in [4.69, 9.17) is 11.6 Å². The highest BCUT2D eigenvalue weighted by molar-refractivity contribution is 7.13. The summed E-state index contributed by atoms with van der Waals surface area (Å²) in [5, 5.41) is 0.913. The first-order valence-corrected chi connectivity index (χ1v) is 10.5. The molecule has 0 radical (unpaired) electrons. The van der Waals surface area contributed by atoms with Crippen molar-refractivity contribution in [3.05, 3.63) is 38.4 Å². The van der Waals surface area contributed by atoms with E-state index in [1.807, 2.05) is 6.92 Å². The second-order valence-electron chi connectivity index (χ2n) is 7.43. The Morgan fingerprint density at radius 1 is 1.28 bits per heavy atom. The minimum atomic E-state index is -4.48. The average Bonchev–Trinajstić information content (AvgIpc) is 3.00. The summed E-state index contributed by atoms with van der Waals surface area (Å²) >= 11 is 7.47. The second-order valence-corrected chi connectivity index (χ2v) is 8.92. The third kappa shape index (κ3) is 5.01. The van der Waals surface area contributed by atoms with E-state index in [0.717, 1.165) is 29.4 Å². The maximum absolute atomic E-state index is 12.9. The Balaban J connectivity index is 1.66. The molecule has 0 bridgehead atoms. The number of aryl methyl sites for hydroxylation is 1. The van der Waals surface area contributed by atoms with Crippen LogP contribution in [0, 0.1) is 12.8 Å². The van der Waals surface area contributed by atoms with Crippen LogP contribution in [-0.4, -0.2) is 47.0 Å². The number of aromatic nitrogens is 2. The van der Waals surface area contributed by atoms with E-state index in [2.05, 4.69) is 23.8 Å². The number of rotatable bonds is 4. The molecule has 0 saturated carbocycles. The first kappa shape index (κ1) is 21.8. The lowest BCUT2D eigenvalue weighted by molar-refractivity contribution is -0.137. The van der Waals surface area contributed by atoms with Gasteiger partial charge in [-0.2, -0.15) is 13.2 Å². The van der Waals surface area contributed by atoms with Crippen LogP contribution in [0.3, 0.4) is 0 Å². The molecule has 0 aliphatic carbocycles. The molecule has 10 heteroatoms. The molecule has 0 atom stereocenters. The van der Waals surface area contributed by atoms with Crippen LogP contribution < -0.4 is 4.90 Å². The fourth-order valence-corrected chi connectivity index (χ4v) is 4.70. The van der Waals surface area contributed by atoms with E-state index < -0.39 is 11.7 Å². The molecule has 1 aliphatic heterocycles. The molecule has 1 aliphatic rings. The van der Waals surface area contributed by atoms with Crippen molar-refractivity contribution in [3.8, 4) is 0 Å². The Morgan fingerprint density at radius 2 is 1.93 bits per heavy atom. The molecule has 0 aromatic carbocycles. The first-order valence-electron chi connectivity index (χ1n) is 9.29. The van der Waals surface area contributed by atoms with Gasteiger partial charge in [0.1, 0.15) is 10.7 Å². The van der Waals surface area contributed by atoms with Crippen molar-refractivity contribution in [1.29, 1.82) is 0 Å². The fourth-order valence-electron chi connectivity index (χ4n) is 3.17. The average molecular weight is 447 g/mol. The number of alkyl halides is 3. The van der Waals surface area contributed by atoms with Gasteiger partial charge in [-0.3, -0.25) is 4.79 Å². The van der Waals surface area contributed by atoms with E-state index in [9.17, 15) is 18.0 Å². The number of piperazine rings is 1. The molecule has 1 amide bonds. The topological polar surface area (TPSA) is 49.3 Å². The zero-order chi connectivity index (χ0) is 21.3. The van der Waals surface area contributed by atoms with Crippen molar-refractivity contribution in [2.45, 2.75) is 33.4 Å². The van der Waals surface area contributed by atoms with E-state index in [0.29, 0.717) is 42.8 Å². The van der Waals surface area contributed by atoms with E-state index >= 15 is 0 Å². The predicted molar refractivity (Wildman–Crippen MR) is 108 cm³/mol. The number of halogens is 4. The molecule has 0 unspecified atom stereocenters. The van der Waals surface area contributed by atoms with Crippen LogP contribution in [0.25, 0.3) is 0 Å². The van der Waals surface area contributed by atoms with Crippen molar-refractivity contribution >= 4 is 34.7 Å². The SMILES string of the molecule is Cc1nc(CC(C)C)sc1C(=O)N1CCN(c2ncc(C(F)(F)F)cc2Cl)CC1. The first-order chi connectivity index (χ1) is 13.6. The molecule has 158 valence electrons. The second kappa shape index (κ2) is 8.47. The number of carbonyl (C=O) groups is 1. The number of thiazole rings is 1. The summed E-state index contributed by atoms with van der Waals surface area (Å²) in [6, 6.07) is 0.887. The van der Waals surface area contributed by atoms with Crippen LogP contribution in [0.5, 0.6) is 0 Å². The Morgan fingerprint density at radius 3 is 2.48 bits per heavy atom. The van der Waals surface area contributed by atoms with Crippen LogP contribution in [0.2, 0.25) is 5.02 Å². The van der Waals surface area contributed by atoms with Crippen molar-refractivity contribution in [2.75, 3.05) is 31.1 Å². The summed E-state index contributed by atoms with van der Waals surface area (Å²) in [5.74, 6) is 0.717. The maximum atomic E-state index is 12.9.